The monoisotopic (exact) mass is 455 g/mol. The van der Waals surface area contributed by atoms with Crippen LogP contribution in [0.25, 0.3) is 11.0 Å². The molecule has 0 N–H and O–H groups in total. The molecule has 0 aliphatic carbocycles. The number of amides is 1. The number of carbonyl (C=O) groups excluding carboxylic acids is 1. The van der Waals surface area contributed by atoms with Crippen LogP contribution < -0.4 is 5.43 Å². The summed E-state index contributed by atoms with van der Waals surface area (Å²) in [6.07, 6.45) is 0. The summed E-state index contributed by atoms with van der Waals surface area (Å²) in [5.41, 5.74) is 5.19. The molecule has 1 aliphatic heterocycles. The predicted octanol–water partition coefficient (Wildman–Crippen LogP) is 6.42. The molecule has 0 fully saturated rings. The fraction of sp³-hybridized carbons (Fsp3) is 0.241. The molecule has 4 nitrogen and oxygen atoms in total. The van der Waals surface area contributed by atoms with E-state index in [2.05, 4.69) is 13.8 Å². The number of fused-ring (bicyclic) bond motifs is 2. The zero-order chi connectivity index (χ0) is 24.1. The maximum absolute atomic E-state index is 13.8. The van der Waals surface area contributed by atoms with Crippen LogP contribution in [0.1, 0.15) is 69.7 Å². The van der Waals surface area contributed by atoms with E-state index in [1.807, 2.05) is 44.2 Å². The Morgan fingerprint density at radius 2 is 1.65 bits per heavy atom. The van der Waals surface area contributed by atoms with Crippen LogP contribution in [-0.4, -0.2) is 10.8 Å². The molecule has 34 heavy (non-hydrogen) atoms. The van der Waals surface area contributed by atoms with E-state index in [0.29, 0.717) is 22.5 Å². The van der Waals surface area contributed by atoms with E-state index < -0.39 is 6.04 Å². The van der Waals surface area contributed by atoms with Gasteiger partial charge in [-0.1, -0.05) is 56.3 Å². The summed E-state index contributed by atoms with van der Waals surface area (Å²) < 4.78 is 19.6. The third kappa shape index (κ3) is 3.61. The Morgan fingerprint density at radius 3 is 2.29 bits per heavy atom. The molecule has 1 aromatic heterocycles. The first-order valence-electron chi connectivity index (χ1n) is 11.5. The van der Waals surface area contributed by atoms with Gasteiger partial charge in [0.25, 0.3) is 5.91 Å². The Hall–Kier alpha value is -3.73. The number of hydrogen-bond donors (Lipinski definition) is 0. The van der Waals surface area contributed by atoms with Crippen LogP contribution in [0.15, 0.2) is 69.9 Å². The van der Waals surface area contributed by atoms with Gasteiger partial charge in [-0.25, -0.2) is 4.39 Å². The first-order chi connectivity index (χ1) is 16.2. The zero-order valence-electron chi connectivity index (χ0n) is 19.7. The van der Waals surface area contributed by atoms with Crippen molar-refractivity contribution in [1.29, 1.82) is 0 Å². The molecule has 172 valence electrons. The van der Waals surface area contributed by atoms with Crippen LogP contribution in [-0.2, 0) is 6.54 Å². The Balaban J connectivity index is 1.72. The Morgan fingerprint density at radius 1 is 0.971 bits per heavy atom. The van der Waals surface area contributed by atoms with Gasteiger partial charge in [0, 0.05) is 6.54 Å². The zero-order valence-corrected chi connectivity index (χ0v) is 19.7. The molecule has 1 aliphatic rings. The van der Waals surface area contributed by atoms with Crippen LogP contribution in [0, 0.1) is 19.7 Å². The number of carbonyl (C=O) groups is 1. The maximum atomic E-state index is 13.8. The van der Waals surface area contributed by atoms with E-state index in [-0.39, 0.29) is 29.5 Å². The molecule has 0 saturated carbocycles. The average molecular weight is 456 g/mol. The van der Waals surface area contributed by atoms with Gasteiger partial charge in [0.05, 0.1) is 17.0 Å². The van der Waals surface area contributed by atoms with Gasteiger partial charge >= 0.3 is 0 Å². The molecule has 1 amide bonds. The second-order valence-electron chi connectivity index (χ2n) is 9.41. The van der Waals surface area contributed by atoms with E-state index in [9.17, 15) is 14.0 Å². The smallest absolute Gasteiger partial charge is 0.291 e. The second kappa shape index (κ2) is 8.24. The van der Waals surface area contributed by atoms with Gasteiger partial charge in [0.2, 0.25) is 5.76 Å². The van der Waals surface area contributed by atoms with Crippen molar-refractivity contribution in [3.8, 4) is 0 Å². The van der Waals surface area contributed by atoms with Crippen molar-refractivity contribution < 1.29 is 13.6 Å². The lowest BCUT2D eigenvalue weighted by Crippen LogP contribution is -2.29. The highest BCUT2D eigenvalue weighted by atomic mass is 19.1. The van der Waals surface area contributed by atoms with Crippen molar-refractivity contribution in [2.75, 3.05) is 0 Å². The highest BCUT2D eigenvalue weighted by Crippen LogP contribution is 2.40. The molecule has 1 atom stereocenters. The summed E-state index contributed by atoms with van der Waals surface area (Å²) >= 11 is 0. The standard InChI is InChI=1S/C29H26FNO3/c1-16(2)20-7-9-21(10-8-20)26-25-27(32)24-18(4)13-17(3)14-23(24)34-28(25)29(33)31(26)15-19-5-11-22(30)12-6-19/h5-14,16,26H,15H2,1-4H3. The van der Waals surface area contributed by atoms with E-state index in [1.165, 1.54) is 17.7 Å². The van der Waals surface area contributed by atoms with E-state index in [4.69, 9.17) is 4.42 Å². The van der Waals surface area contributed by atoms with E-state index in [1.54, 1.807) is 23.1 Å². The molecule has 0 spiro atoms. The van der Waals surface area contributed by atoms with Crippen LogP contribution in [0.2, 0.25) is 0 Å². The molecular weight excluding hydrogens is 429 g/mol. The summed E-state index contributed by atoms with van der Waals surface area (Å²) in [5, 5.41) is 0.504. The van der Waals surface area contributed by atoms with E-state index >= 15 is 0 Å². The normalized spacial score (nSPS) is 15.4. The molecule has 5 rings (SSSR count). The van der Waals surface area contributed by atoms with Crippen LogP contribution >= 0.6 is 0 Å². The minimum atomic E-state index is -0.588. The number of rotatable bonds is 4. The van der Waals surface area contributed by atoms with Crippen molar-refractivity contribution in [2.24, 2.45) is 0 Å². The van der Waals surface area contributed by atoms with Gasteiger partial charge in [-0.3, -0.25) is 9.59 Å². The van der Waals surface area contributed by atoms with E-state index in [0.717, 1.165) is 22.3 Å². The molecule has 0 bridgehead atoms. The second-order valence-corrected chi connectivity index (χ2v) is 9.41. The van der Waals surface area contributed by atoms with Crippen molar-refractivity contribution >= 4 is 16.9 Å². The fourth-order valence-electron chi connectivity index (χ4n) is 4.87. The number of benzene rings is 3. The summed E-state index contributed by atoms with van der Waals surface area (Å²) in [6, 6.07) is 17.3. The molecule has 5 heteroatoms. The quantitative estimate of drug-likeness (QED) is 0.357. The number of nitrogens with zero attached hydrogens (tertiary/aromatic N) is 1. The molecule has 0 radical (unpaired) electrons. The van der Waals surface area contributed by atoms with Gasteiger partial charge in [-0.2, -0.15) is 0 Å². The lowest BCUT2D eigenvalue weighted by atomic mass is 9.94. The molecule has 3 aromatic carbocycles. The number of aryl methyl sites for hydroxylation is 2. The molecule has 1 unspecified atom stereocenters. The Labute approximate surface area is 197 Å². The van der Waals surface area contributed by atoms with Crippen LogP contribution in [0.3, 0.4) is 0 Å². The van der Waals surface area contributed by atoms with Gasteiger partial charge in [0.1, 0.15) is 11.4 Å². The van der Waals surface area contributed by atoms with Gasteiger partial charge in [-0.15, -0.1) is 0 Å². The van der Waals surface area contributed by atoms with Crippen molar-refractivity contribution in [2.45, 2.75) is 46.2 Å². The largest absolute Gasteiger partial charge is 0.450 e. The summed E-state index contributed by atoms with van der Waals surface area (Å²) in [7, 11) is 0. The highest BCUT2D eigenvalue weighted by molar-refractivity contribution is 5.99. The SMILES string of the molecule is Cc1cc(C)c2c(=O)c3c(oc2c1)C(=O)N(Cc1ccc(F)cc1)C3c1ccc(C(C)C)cc1. The highest BCUT2D eigenvalue weighted by Gasteiger charge is 2.42. The first kappa shape index (κ1) is 22.1. The lowest BCUT2D eigenvalue weighted by Gasteiger charge is -2.25. The molecule has 4 aromatic rings. The van der Waals surface area contributed by atoms with Gasteiger partial charge in [0.15, 0.2) is 5.43 Å². The molecule has 0 saturated heterocycles. The number of hydrogen-bond acceptors (Lipinski definition) is 3. The third-order valence-electron chi connectivity index (χ3n) is 6.60. The summed E-state index contributed by atoms with van der Waals surface area (Å²) in [6.45, 7) is 8.29. The van der Waals surface area contributed by atoms with Crippen molar-refractivity contribution in [1.82, 2.24) is 4.90 Å². The van der Waals surface area contributed by atoms with Crippen LogP contribution in [0.4, 0.5) is 4.39 Å². The minimum Gasteiger partial charge on any atom is -0.450 e. The average Bonchev–Trinajstić information content (AvgIpc) is 3.07. The van der Waals surface area contributed by atoms with Gasteiger partial charge < -0.3 is 9.32 Å². The lowest BCUT2D eigenvalue weighted by molar-refractivity contribution is 0.0714. The topological polar surface area (TPSA) is 50.5 Å². The Bertz CT molecular complexity index is 1470. The first-order valence-corrected chi connectivity index (χ1v) is 11.5. The predicted molar refractivity (Wildman–Crippen MR) is 131 cm³/mol. The van der Waals surface area contributed by atoms with Crippen molar-refractivity contribution in [3.05, 3.63) is 116 Å². The van der Waals surface area contributed by atoms with Crippen LogP contribution in [0.5, 0.6) is 0 Å². The summed E-state index contributed by atoms with van der Waals surface area (Å²) in [5.74, 6) is -0.228. The molecular formula is C29H26FNO3. The maximum Gasteiger partial charge on any atom is 0.291 e. The Kier molecular flexibility index (Phi) is 5.35. The summed E-state index contributed by atoms with van der Waals surface area (Å²) in [4.78, 5) is 29.1. The molecule has 2 heterocycles. The third-order valence-corrected chi connectivity index (χ3v) is 6.60. The fourth-order valence-corrected chi connectivity index (χ4v) is 4.87. The van der Waals surface area contributed by atoms with Gasteiger partial charge in [-0.05, 0) is 65.8 Å². The minimum absolute atomic E-state index is 0.0857. The van der Waals surface area contributed by atoms with Crippen molar-refractivity contribution in [3.63, 3.8) is 0 Å². The number of halogens is 1.